The molecule has 0 radical (unpaired) electrons. The molecule has 0 saturated carbocycles. The Morgan fingerprint density at radius 3 is 2.48 bits per heavy atom. The molecule has 2 rings (SSSR count). The maximum Gasteiger partial charge on any atom is 0.262 e. The monoisotopic (exact) mass is 323 g/mol. The van der Waals surface area contributed by atoms with Crippen LogP contribution in [0, 0.1) is 13.8 Å². The lowest BCUT2D eigenvalue weighted by molar-refractivity contribution is -0.118. The fourth-order valence-corrected chi connectivity index (χ4v) is 2.02. The Bertz CT molecular complexity index is 671. The molecule has 0 aliphatic heterocycles. The summed E-state index contributed by atoms with van der Waals surface area (Å²) >= 11 is 11.7. The number of hydrogen-bond donors (Lipinski definition) is 1. The Morgan fingerprint density at radius 1 is 1.05 bits per heavy atom. The van der Waals surface area contributed by atoms with Crippen LogP contribution in [-0.2, 0) is 4.79 Å². The van der Waals surface area contributed by atoms with E-state index in [0.717, 1.165) is 11.3 Å². The zero-order valence-corrected chi connectivity index (χ0v) is 13.3. The third-order valence-corrected chi connectivity index (χ3v) is 3.79. The van der Waals surface area contributed by atoms with Crippen molar-refractivity contribution in [1.29, 1.82) is 0 Å². The van der Waals surface area contributed by atoms with Crippen LogP contribution in [0.5, 0.6) is 5.75 Å². The van der Waals surface area contributed by atoms with E-state index < -0.39 is 0 Å². The number of carbonyl (C=O) groups is 1. The van der Waals surface area contributed by atoms with Crippen LogP contribution in [0.25, 0.3) is 0 Å². The molecule has 0 fully saturated rings. The summed E-state index contributed by atoms with van der Waals surface area (Å²) in [6.45, 7) is 3.93. The van der Waals surface area contributed by atoms with Gasteiger partial charge in [0.25, 0.3) is 5.91 Å². The van der Waals surface area contributed by atoms with Gasteiger partial charge in [0.05, 0.1) is 10.0 Å². The molecule has 0 aliphatic carbocycles. The summed E-state index contributed by atoms with van der Waals surface area (Å²) in [7, 11) is 0. The number of hydrogen-bond acceptors (Lipinski definition) is 2. The van der Waals surface area contributed by atoms with Crippen LogP contribution in [0.15, 0.2) is 36.4 Å². The van der Waals surface area contributed by atoms with E-state index in [1.54, 1.807) is 18.2 Å². The Morgan fingerprint density at radius 2 is 1.81 bits per heavy atom. The number of nitrogens with one attached hydrogen (secondary N) is 1. The summed E-state index contributed by atoms with van der Waals surface area (Å²) in [4.78, 5) is 11.8. The predicted molar refractivity (Wildman–Crippen MR) is 86.5 cm³/mol. The smallest absolute Gasteiger partial charge is 0.262 e. The molecule has 0 unspecified atom stereocenters. The molecular formula is C16H15Cl2NO2. The highest BCUT2D eigenvalue weighted by molar-refractivity contribution is 6.42. The van der Waals surface area contributed by atoms with Gasteiger partial charge in [-0.15, -0.1) is 0 Å². The summed E-state index contributed by atoms with van der Waals surface area (Å²) in [6.07, 6.45) is 0. The molecule has 2 aromatic rings. The Labute approximate surface area is 133 Å². The van der Waals surface area contributed by atoms with Crippen molar-refractivity contribution in [2.75, 3.05) is 11.9 Å². The summed E-state index contributed by atoms with van der Waals surface area (Å²) in [5.74, 6) is 0.268. The molecule has 1 amide bonds. The molecule has 0 saturated heterocycles. The number of halogens is 2. The van der Waals surface area contributed by atoms with Gasteiger partial charge < -0.3 is 10.1 Å². The average Bonchev–Trinajstić information content (AvgIpc) is 2.44. The van der Waals surface area contributed by atoms with E-state index in [1.807, 2.05) is 32.0 Å². The number of anilines is 1. The SMILES string of the molecule is Cc1ccc(NC(=O)COc2ccc(Cl)c(Cl)c2)cc1C. The number of ether oxygens (including phenoxy) is 1. The Kier molecular flexibility index (Phi) is 5.10. The van der Waals surface area contributed by atoms with Crippen molar-refractivity contribution in [3.05, 3.63) is 57.6 Å². The zero-order chi connectivity index (χ0) is 15.4. The van der Waals surface area contributed by atoms with Crippen molar-refractivity contribution in [3.8, 4) is 5.75 Å². The van der Waals surface area contributed by atoms with E-state index in [-0.39, 0.29) is 12.5 Å². The third kappa shape index (κ3) is 4.38. The summed E-state index contributed by atoms with van der Waals surface area (Å²) in [5, 5.41) is 3.62. The number of rotatable bonds is 4. The number of amides is 1. The van der Waals surface area contributed by atoms with Crippen LogP contribution in [-0.4, -0.2) is 12.5 Å². The van der Waals surface area contributed by atoms with Gasteiger partial charge in [-0.25, -0.2) is 0 Å². The zero-order valence-electron chi connectivity index (χ0n) is 11.7. The first-order valence-electron chi connectivity index (χ1n) is 6.40. The molecule has 21 heavy (non-hydrogen) atoms. The fraction of sp³-hybridized carbons (Fsp3) is 0.188. The van der Waals surface area contributed by atoms with Gasteiger partial charge in [-0.05, 0) is 49.2 Å². The van der Waals surface area contributed by atoms with Crippen LogP contribution in [0.1, 0.15) is 11.1 Å². The largest absolute Gasteiger partial charge is 0.484 e. The Balaban J connectivity index is 1.92. The molecular weight excluding hydrogens is 309 g/mol. The van der Waals surface area contributed by atoms with Crippen LogP contribution >= 0.6 is 23.2 Å². The molecule has 5 heteroatoms. The average molecular weight is 324 g/mol. The highest BCUT2D eigenvalue weighted by Crippen LogP contribution is 2.26. The van der Waals surface area contributed by atoms with Gasteiger partial charge in [0.1, 0.15) is 5.75 Å². The molecule has 3 nitrogen and oxygen atoms in total. The van der Waals surface area contributed by atoms with Crippen molar-refractivity contribution in [2.24, 2.45) is 0 Å². The van der Waals surface area contributed by atoms with E-state index in [1.165, 1.54) is 5.56 Å². The van der Waals surface area contributed by atoms with Gasteiger partial charge in [0, 0.05) is 11.8 Å². The number of carbonyl (C=O) groups excluding carboxylic acids is 1. The topological polar surface area (TPSA) is 38.3 Å². The minimum Gasteiger partial charge on any atom is -0.484 e. The van der Waals surface area contributed by atoms with Gasteiger partial charge in [0.2, 0.25) is 0 Å². The van der Waals surface area contributed by atoms with Gasteiger partial charge in [0.15, 0.2) is 6.61 Å². The molecule has 0 atom stereocenters. The van der Waals surface area contributed by atoms with E-state index in [4.69, 9.17) is 27.9 Å². The molecule has 1 N–H and O–H groups in total. The van der Waals surface area contributed by atoms with E-state index >= 15 is 0 Å². The highest BCUT2D eigenvalue weighted by atomic mass is 35.5. The molecule has 0 heterocycles. The second-order valence-corrected chi connectivity index (χ2v) is 5.53. The van der Waals surface area contributed by atoms with Crippen LogP contribution < -0.4 is 10.1 Å². The lowest BCUT2D eigenvalue weighted by atomic mass is 10.1. The summed E-state index contributed by atoms with van der Waals surface area (Å²) in [5.41, 5.74) is 3.05. The van der Waals surface area contributed by atoms with Crippen molar-refractivity contribution in [1.82, 2.24) is 0 Å². The second kappa shape index (κ2) is 6.83. The van der Waals surface area contributed by atoms with E-state index in [2.05, 4.69) is 5.32 Å². The minimum absolute atomic E-state index is 0.0924. The molecule has 0 aliphatic rings. The van der Waals surface area contributed by atoms with Crippen molar-refractivity contribution >= 4 is 34.8 Å². The van der Waals surface area contributed by atoms with Crippen molar-refractivity contribution < 1.29 is 9.53 Å². The summed E-state index contributed by atoms with van der Waals surface area (Å²) in [6, 6.07) is 10.6. The molecule has 0 aromatic heterocycles. The lowest BCUT2D eigenvalue weighted by Gasteiger charge is -2.09. The summed E-state index contributed by atoms with van der Waals surface area (Å²) < 4.78 is 5.37. The first kappa shape index (κ1) is 15.7. The molecule has 0 bridgehead atoms. The minimum atomic E-state index is -0.232. The normalized spacial score (nSPS) is 10.3. The second-order valence-electron chi connectivity index (χ2n) is 4.71. The fourth-order valence-electron chi connectivity index (χ4n) is 1.73. The first-order valence-corrected chi connectivity index (χ1v) is 7.16. The lowest BCUT2D eigenvalue weighted by Crippen LogP contribution is -2.20. The molecule has 110 valence electrons. The van der Waals surface area contributed by atoms with Crippen molar-refractivity contribution in [2.45, 2.75) is 13.8 Å². The predicted octanol–water partition coefficient (Wildman–Crippen LogP) is 4.63. The molecule has 2 aromatic carbocycles. The number of benzene rings is 2. The number of aryl methyl sites for hydroxylation is 2. The third-order valence-electron chi connectivity index (χ3n) is 3.05. The standard InChI is InChI=1S/C16H15Cl2NO2/c1-10-3-4-12(7-11(10)2)19-16(20)9-21-13-5-6-14(17)15(18)8-13/h3-8H,9H2,1-2H3,(H,19,20). The van der Waals surface area contributed by atoms with Crippen molar-refractivity contribution in [3.63, 3.8) is 0 Å². The maximum atomic E-state index is 11.8. The first-order chi connectivity index (χ1) is 9.95. The van der Waals surface area contributed by atoms with Crippen LogP contribution in [0.2, 0.25) is 10.0 Å². The van der Waals surface area contributed by atoms with Gasteiger partial charge in [-0.1, -0.05) is 29.3 Å². The maximum absolute atomic E-state index is 11.8. The molecule has 0 spiro atoms. The quantitative estimate of drug-likeness (QED) is 0.890. The van der Waals surface area contributed by atoms with Crippen LogP contribution in [0.4, 0.5) is 5.69 Å². The van der Waals surface area contributed by atoms with Gasteiger partial charge >= 0.3 is 0 Å². The van der Waals surface area contributed by atoms with E-state index in [9.17, 15) is 4.79 Å². The van der Waals surface area contributed by atoms with Crippen LogP contribution in [0.3, 0.4) is 0 Å². The van der Waals surface area contributed by atoms with E-state index in [0.29, 0.717) is 15.8 Å². The Hall–Kier alpha value is -1.71. The van der Waals surface area contributed by atoms with Gasteiger partial charge in [-0.2, -0.15) is 0 Å². The van der Waals surface area contributed by atoms with Gasteiger partial charge in [-0.3, -0.25) is 4.79 Å². The highest BCUT2D eigenvalue weighted by Gasteiger charge is 2.06.